The van der Waals surface area contributed by atoms with Crippen LogP contribution in [-0.2, 0) is 9.59 Å². The SMILES string of the molecule is C=C(C=O)C1(O)CC2(C)C(=CC1=O)C=CC(O)C2C. The predicted octanol–water partition coefficient (Wildman–Crippen LogP) is 0.945. The molecule has 0 saturated heterocycles. The molecule has 19 heavy (non-hydrogen) atoms. The van der Waals surface area contributed by atoms with E-state index in [1.807, 2.05) is 13.8 Å². The molecular formula is C15H18O4. The fourth-order valence-electron chi connectivity index (χ4n) is 2.92. The molecular weight excluding hydrogens is 244 g/mol. The highest BCUT2D eigenvalue weighted by atomic mass is 16.3. The van der Waals surface area contributed by atoms with E-state index in [1.54, 1.807) is 12.2 Å². The van der Waals surface area contributed by atoms with Crippen LogP contribution in [0.2, 0.25) is 0 Å². The molecule has 2 N–H and O–H groups in total. The van der Waals surface area contributed by atoms with Crippen LogP contribution in [-0.4, -0.2) is 34.0 Å². The molecule has 0 amide bonds. The van der Waals surface area contributed by atoms with Crippen molar-refractivity contribution in [2.45, 2.75) is 32.0 Å². The molecule has 0 radical (unpaired) electrons. The van der Waals surface area contributed by atoms with Crippen molar-refractivity contribution in [3.63, 3.8) is 0 Å². The molecule has 0 fully saturated rings. The minimum absolute atomic E-state index is 0.0603. The van der Waals surface area contributed by atoms with Crippen LogP contribution < -0.4 is 0 Å². The van der Waals surface area contributed by atoms with Gasteiger partial charge < -0.3 is 10.2 Å². The monoisotopic (exact) mass is 262 g/mol. The summed E-state index contributed by atoms with van der Waals surface area (Å²) < 4.78 is 0. The lowest BCUT2D eigenvalue weighted by molar-refractivity contribution is -0.135. The van der Waals surface area contributed by atoms with E-state index in [0.717, 1.165) is 5.57 Å². The van der Waals surface area contributed by atoms with Crippen LogP contribution >= 0.6 is 0 Å². The van der Waals surface area contributed by atoms with Gasteiger partial charge in [-0.25, -0.2) is 0 Å². The van der Waals surface area contributed by atoms with Crippen LogP contribution in [0.15, 0.2) is 36.0 Å². The number of ketones is 1. The molecule has 4 atom stereocenters. The summed E-state index contributed by atoms with van der Waals surface area (Å²) in [5, 5.41) is 20.4. The molecule has 102 valence electrons. The maximum absolute atomic E-state index is 12.1. The number of carbonyl (C=O) groups is 2. The molecule has 0 aliphatic heterocycles. The molecule has 0 heterocycles. The van der Waals surface area contributed by atoms with Gasteiger partial charge in [-0.05, 0) is 24.0 Å². The van der Waals surface area contributed by atoms with Gasteiger partial charge in [0.05, 0.1) is 6.10 Å². The van der Waals surface area contributed by atoms with Gasteiger partial charge in [0, 0.05) is 11.0 Å². The summed E-state index contributed by atoms with van der Waals surface area (Å²) in [7, 11) is 0. The number of fused-ring (bicyclic) bond motifs is 1. The lowest BCUT2D eigenvalue weighted by Gasteiger charge is -2.48. The van der Waals surface area contributed by atoms with Crippen molar-refractivity contribution < 1.29 is 19.8 Å². The van der Waals surface area contributed by atoms with Crippen molar-refractivity contribution in [3.05, 3.63) is 36.0 Å². The number of allylic oxidation sites excluding steroid dienone is 2. The van der Waals surface area contributed by atoms with E-state index >= 15 is 0 Å². The molecule has 2 rings (SSSR count). The van der Waals surface area contributed by atoms with E-state index in [0.29, 0.717) is 6.29 Å². The normalized spacial score (nSPS) is 41.5. The Morgan fingerprint density at radius 1 is 1.58 bits per heavy atom. The van der Waals surface area contributed by atoms with Crippen molar-refractivity contribution in [1.29, 1.82) is 0 Å². The van der Waals surface area contributed by atoms with Gasteiger partial charge in [-0.1, -0.05) is 32.6 Å². The first-order valence-corrected chi connectivity index (χ1v) is 6.25. The minimum atomic E-state index is -1.86. The molecule has 0 spiro atoms. The zero-order valence-electron chi connectivity index (χ0n) is 11.1. The Morgan fingerprint density at radius 3 is 2.79 bits per heavy atom. The molecule has 0 aromatic heterocycles. The number of rotatable bonds is 2. The maximum atomic E-state index is 12.1. The summed E-state index contributed by atoms with van der Waals surface area (Å²) in [5.74, 6) is -0.687. The van der Waals surface area contributed by atoms with Gasteiger partial charge in [0.1, 0.15) is 6.29 Å². The van der Waals surface area contributed by atoms with Gasteiger partial charge in [0.25, 0.3) is 0 Å². The number of carbonyl (C=O) groups excluding carboxylic acids is 2. The summed E-state index contributed by atoms with van der Waals surface area (Å²) in [6, 6.07) is 0. The first-order valence-electron chi connectivity index (χ1n) is 6.25. The second kappa shape index (κ2) is 4.25. The number of aliphatic hydroxyl groups is 2. The quantitative estimate of drug-likeness (QED) is 0.574. The minimum Gasteiger partial charge on any atom is -0.389 e. The Balaban J connectivity index is 2.55. The van der Waals surface area contributed by atoms with Crippen LogP contribution in [0.25, 0.3) is 0 Å². The van der Waals surface area contributed by atoms with E-state index in [-0.39, 0.29) is 17.9 Å². The third kappa shape index (κ3) is 1.83. The smallest absolute Gasteiger partial charge is 0.192 e. The first-order chi connectivity index (χ1) is 8.75. The van der Waals surface area contributed by atoms with Gasteiger partial charge in [-0.2, -0.15) is 0 Å². The summed E-state index contributed by atoms with van der Waals surface area (Å²) in [4.78, 5) is 22.9. The number of aliphatic hydroxyl groups excluding tert-OH is 1. The van der Waals surface area contributed by atoms with Crippen molar-refractivity contribution in [2.75, 3.05) is 0 Å². The van der Waals surface area contributed by atoms with Crippen LogP contribution in [0.5, 0.6) is 0 Å². The lowest BCUT2D eigenvalue weighted by Crippen LogP contribution is -2.52. The van der Waals surface area contributed by atoms with E-state index in [1.165, 1.54) is 6.08 Å². The zero-order valence-corrected chi connectivity index (χ0v) is 11.1. The molecule has 2 aliphatic carbocycles. The van der Waals surface area contributed by atoms with Crippen molar-refractivity contribution >= 4 is 12.1 Å². The van der Waals surface area contributed by atoms with Crippen molar-refractivity contribution in [1.82, 2.24) is 0 Å². The summed E-state index contributed by atoms with van der Waals surface area (Å²) in [5.41, 5.74) is -1.79. The first kappa shape index (κ1) is 13.9. The van der Waals surface area contributed by atoms with Crippen molar-refractivity contribution in [2.24, 2.45) is 11.3 Å². The fourth-order valence-corrected chi connectivity index (χ4v) is 2.92. The molecule has 0 aromatic rings. The zero-order chi connectivity index (χ0) is 14.4. The van der Waals surface area contributed by atoms with E-state index in [2.05, 4.69) is 6.58 Å². The Kier molecular flexibility index (Phi) is 3.11. The molecule has 0 bridgehead atoms. The second-order valence-electron chi connectivity index (χ2n) is 5.70. The lowest BCUT2D eigenvalue weighted by atomic mass is 9.57. The van der Waals surface area contributed by atoms with E-state index in [9.17, 15) is 19.8 Å². The van der Waals surface area contributed by atoms with Crippen LogP contribution in [0.4, 0.5) is 0 Å². The van der Waals surface area contributed by atoms with Gasteiger partial charge in [0.2, 0.25) is 0 Å². The summed E-state index contributed by atoms with van der Waals surface area (Å²) in [6.07, 6.45) is 4.56. The summed E-state index contributed by atoms with van der Waals surface area (Å²) >= 11 is 0. The number of hydrogen-bond donors (Lipinski definition) is 2. The molecule has 4 heteroatoms. The Labute approximate surface area is 112 Å². The third-order valence-corrected chi connectivity index (χ3v) is 4.64. The van der Waals surface area contributed by atoms with Crippen LogP contribution in [0.3, 0.4) is 0 Å². The molecule has 4 unspecified atom stereocenters. The number of aldehydes is 1. The Morgan fingerprint density at radius 2 is 2.21 bits per heavy atom. The second-order valence-corrected chi connectivity index (χ2v) is 5.70. The summed E-state index contributed by atoms with van der Waals surface area (Å²) in [6.45, 7) is 7.23. The number of hydrogen-bond acceptors (Lipinski definition) is 4. The van der Waals surface area contributed by atoms with E-state index in [4.69, 9.17) is 0 Å². The molecule has 2 aliphatic rings. The predicted molar refractivity (Wildman–Crippen MR) is 70.3 cm³/mol. The Hall–Kier alpha value is -1.52. The van der Waals surface area contributed by atoms with Crippen LogP contribution in [0.1, 0.15) is 20.3 Å². The maximum Gasteiger partial charge on any atom is 0.192 e. The average Bonchev–Trinajstić information content (AvgIpc) is 2.37. The standard InChI is InChI=1S/C15H18O4/c1-9(7-16)15(19)8-14(3)10(2)12(17)5-4-11(14)6-13(15)18/h4-7,10,12,17,19H,1,8H2,2-3H3. The van der Waals surface area contributed by atoms with Gasteiger partial charge >= 0.3 is 0 Å². The largest absolute Gasteiger partial charge is 0.389 e. The molecule has 0 aromatic carbocycles. The highest BCUT2D eigenvalue weighted by molar-refractivity contribution is 6.05. The molecule has 4 nitrogen and oxygen atoms in total. The topological polar surface area (TPSA) is 74.6 Å². The third-order valence-electron chi connectivity index (χ3n) is 4.64. The fraction of sp³-hybridized carbons (Fsp3) is 0.467. The highest BCUT2D eigenvalue weighted by Gasteiger charge is 2.52. The van der Waals surface area contributed by atoms with Crippen molar-refractivity contribution in [3.8, 4) is 0 Å². The molecule has 0 saturated carbocycles. The van der Waals surface area contributed by atoms with Gasteiger partial charge in [-0.15, -0.1) is 0 Å². The van der Waals surface area contributed by atoms with Crippen LogP contribution in [0, 0.1) is 11.3 Å². The average molecular weight is 262 g/mol. The highest BCUT2D eigenvalue weighted by Crippen LogP contribution is 2.51. The van der Waals surface area contributed by atoms with Gasteiger partial charge in [-0.3, -0.25) is 9.59 Å². The van der Waals surface area contributed by atoms with Gasteiger partial charge in [0.15, 0.2) is 11.4 Å². The Bertz CT molecular complexity index is 516. The van der Waals surface area contributed by atoms with E-state index < -0.39 is 22.9 Å².